The fourth-order valence-electron chi connectivity index (χ4n) is 2.12. The quantitative estimate of drug-likeness (QED) is 0.809. The minimum atomic E-state index is 0.796. The summed E-state index contributed by atoms with van der Waals surface area (Å²) in [4.78, 5) is 2.50. The van der Waals surface area contributed by atoms with Crippen LogP contribution in [0, 0.1) is 12.8 Å². The van der Waals surface area contributed by atoms with Crippen molar-refractivity contribution >= 4 is 5.69 Å². The first-order valence-electron chi connectivity index (χ1n) is 5.67. The van der Waals surface area contributed by atoms with E-state index in [2.05, 4.69) is 16.9 Å². The van der Waals surface area contributed by atoms with Gasteiger partial charge in [-0.15, -0.1) is 0 Å². The number of aromatic nitrogens is 2. The van der Waals surface area contributed by atoms with Crippen molar-refractivity contribution in [3.05, 3.63) is 11.9 Å². The lowest BCUT2D eigenvalue weighted by molar-refractivity contribution is 0.306. The highest BCUT2D eigenvalue weighted by molar-refractivity contribution is 5.39. The van der Waals surface area contributed by atoms with E-state index in [1.165, 1.54) is 19.5 Å². The molecule has 1 fully saturated rings. The number of hydrogen-bond acceptors (Lipinski definition) is 3. The van der Waals surface area contributed by atoms with Crippen LogP contribution in [0.2, 0.25) is 0 Å². The molecule has 0 aliphatic carbocycles. The van der Waals surface area contributed by atoms with Gasteiger partial charge in [-0.2, -0.15) is 5.10 Å². The van der Waals surface area contributed by atoms with E-state index in [1.807, 2.05) is 17.8 Å². The summed E-state index contributed by atoms with van der Waals surface area (Å²) in [7, 11) is 0. The van der Waals surface area contributed by atoms with Gasteiger partial charge in [0.05, 0.1) is 17.9 Å². The topological polar surface area (TPSA) is 47.1 Å². The standard InChI is InChI=1S/C11H20N4/c1-9-3-4-14(7-9)5-6-15-8-11(12)10(2)13-15/h8-9H,3-7,12H2,1-2H3. The van der Waals surface area contributed by atoms with Gasteiger partial charge in [0.15, 0.2) is 0 Å². The molecule has 1 aliphatic rings. The van der Waals surface area contributed by atoms with E-state index in [0.717, 1.165) is 30.4 Å². The monoisotopic (exact) mass is 208 g/mol. The zero-order chi connectivity index (χ0) is 10.8. The SMILES string of the molecule is Cc1nn(CCN2CCC(C)C2)cc1N. The lowest BCUT2D eigenvalue weighted by atomic mass is 10.2. The molecule has 1 aromatic rings. The Morgan fingerprint density at radius 2 is 2.33 bits per heavy atom. The first kappa shape index (κ1) is 10.5. The van der Waals surface area contributed by atoms with Gasteiger partial charge < -0.3 is 10.6 Å². The van der Waals surface area contributed by atoms with Crippen LogP contribution in [0.25, 0.3) is 0 Å². The van der Waals surface area contributed by atoms with E-state index in [4.69, 9.17) is 5.73 Å². The van der Waals surface area contributed by atoms with Crippen LogP contribution < -0.4 is 5.73 Å². The van der Waals surface area contributed by atoms with Gasteiger partial charge in [-0.1, -0.05) is 6.92 Å². The number of nitrogen functional groups attached to an aromatic ring is 1. The Kier molecular flexibility index (Phi) is 2.95. The summed E-state index contributed by atoms with van der Waals surface area (Å²) in [5, 5.41) is 4.36. The predicted molar refractivity (Wildman–Crippen MR) is 61.6 cm³/mol. The second-order valence-electron chi connectivity index (χ2n) is 4.63. The summed E-state index contributed by atoms with van der Waals surface area (Å²) in [5.41, 5.74) is 7.48. The first-order valence-corrected chi connectivity index (χ1v) is 5.67. The number of aryl methyl sites for hydroxylation is 1. The van der Waals surface area contributed by atoms with Crippen LogP contribution in [0.5, 0.6) is 0 Å². The zero-order valence-corrected chi connectivity index (χ0v) is 9.61. The smallest absolute Gasteiger partial charge is 0.0822 e. The average Bonchev–Trinajstić information content (AvgIpc) is 2.72. The van der Waals surface area contributed by atoms with Crippen molar-refractivity contribution in [2.24, 2.45) is 5.92 Å². The van der Waals surface area contributed by atoms with Crippen molar-refractivity contribution in [1.82, 2.24) is 14.7 Å². The summed E-state index contributed by atoms with van der Waals surface area (Å²) in [6.07, 6.45) is 3.26. The summed E-state index contributed by atoms with van der Waals surface area (Å²) in [6.45, 7) is 8.77. The molecule has 0 bridgehead atoms. The van der Waals surface area contributed by atoms with Crippen LogP contribution in [-0.4, -0.2) is 34.3 Å². The third-order valence-electron chi connectivity index (χ3n) is 3.14. The number of nitrogens with zero attached hydrogens (tertiary/aromatic N) is 3. The Bertz CT molecular complexity index is 312. The Labute approximate surface area is 91.1 Å². The largest absolute Gasteiger partial charge is 0.396 e. The third kappa shape index (κ3) is 2.50. The van der Waals surface area contributed by atoms with Crippen molar-refractivity contribution < 1.29 is 0 Å². The van der Waals surface area contributed by atoms with Crippen LogP contribution in [0.4, 0.5) is 5.69 Å². The van der Waals surface area contributed by atoms with E-state index in [1.54, 1.807) is 0 Å². The molecule has 4 heteroatoms. The molecule has 1 saturated heterocycles. The van der Waals surface area contributed by atoms with Crippen molar-refractivity contribution in [1.29, 1.82) is 0 Å². The van der Waals surface area contributed by atoms with Gasteiger partial charge in [0.2, 0.25) is 0 Å². The molecule has 2 N–H and O–H groups in total. The van der Waals surface area contributed by atoms with Crippen LogP contribution >= 0.6 is 0 Å². The van der Waals surface area contributed by atoms with E-state index in [-0.39, 0.29) is 0 Å². The van der Waals surface area contributed by atoms with E-state index in [9.17, 15) is 0 Å². The molecule has 84 valence electrons. The Morgan fingerprint density at radius 3 is 2.87 bits per heavy atom. The highest BCUT2D eigenvalue weighted by Gasteiger charge is 2.17. The minimum Gasteiger partial charge on any atom is -0.396 e. The van der Waals surface area contributed by atoms with Gasteiger partial charge in [-0.3, -0.25) is 4.68 Å². The van der Waals surface area contributed by atoms with Gasteiger partial charge >= 0.3 is 0 Å². The molecule has 1 aliphatic heterocycles. The molecular weight excluding hydrogens is 188 g/mol. The number of likely N-dealkylation sites (tertiary alicyclic amines) is 1. The molecule has 2 rings (SSSR count). The van der Waals surface area contributed by atoms with Gasteiger partial charge in [0, 0.05) is 19.3 Å². The third-order valence-corrected chi connectivity index (χ3v) is 3.14. The lowest BCUT2D eigenvalue weighted by Crippen LogP contribution is -2.25. The van der Waals surface area contributed by atoms with Crippen LogP contribution in [0.15, 0.2) is 6.20 Å². The van der Waals surface area contributed by atoms with Gasteiger partial charge in [0.1, 0.15) is 0 Å². The zero-order valence-electron chi connectivity index (χ0n) is 9.61. The summed E-state index contributed by atoms with van der Waals surface area (Å²) in [5.74, 6) is 0.856. The summed E-state index contributed by atoms with van der Waals surface area (Å²) < 4.78 is 1.95. The molecule has 2 heterocycles. The Balaban J connectivity index is 1.83. The van der Waals surface area contributed by atoms with Crippen molar-refractivity contribution in [3.63, 3.8) is 0 Å². The molecule has 1 unspecified atom stereocenters. The molecule has 1 aromatic heterocycles. The highest BCUT2D eigenvalue weighted by Crippen LogP contribution is 2.14. The predicted octanol–water partition coefficient (Wildman–Crippen LogP) is 1.12. The second-order valence-corrected chi connectivity index (χ2v) is 4.63. The van der Waals surface area contributed by atoms with E-state index < -0.39 is 0 Å². The van der Waals surface area contributed by atoms with Crippen molar-refractivity contribution in [2.45, 2.75) is 26.8 Å². The van der Waals surface area contributed by atoms with Crippen molar-refractivity contribution in [3.8, 4) is 0 Å². The van der Waals surface area contributed by atoms with Crippen LogP contribution in [0.3, 0.4) is 0 Å². The maximum absolute atomic E-state index is 5.75. The fraction of sp³-hybridized carbons (Fsp3) is 0.727. The Hall–Kier alpha value is -1.03. The number of anilines is 1. The molecular formula is C11H20N4. The number of nitrogens with two attached hydrogens (primary N) is 1. The van der Waals surface area contributed by atoms with Gasteiger partial charge in [-0.25, -0.2) is 0 Å². The highest BCUT2D eigenvalue weighted by atomic mass is 15.3. The maximum Gasteiger partial charge on any atom is 0.0822 e. The number of hydrogen-bond donors (Lipinski definition) is 1. The van der Waals surface area contributed by atoms with Gasteiger partial charge in [0.25, 0.3) is 0 Å². The van der Waals surface area contributed by atoms with Crippen LogP contribution in [-0.2, 0) is 6.54 Å². The molecule has 0 spiro atoms. The molecule has 15 heavy (non-hydrogen) atoms. The minimum absolute atomic E-state index is 0.796. The molecule has 0 aromatic carbocycles. The summed E-state index contributed by atoms with van der Waals surface area (Å²) in [6, 6.07) is 0. The average molecular weight is 208 g/mol. The molecule has 4 nitrogen and oxygen atoms in total. The molecule has 1 atom stereocenters. The van der Waals surface area contributed by atoms with Gasteiger partial charge in [-0.05, 0) is 25.8 Å². The van der Waals surface area contributed by atoms with E-state index in [0.29, 0.717) is 0 Å². The van der Waals surface area contributed by atoms with E-state index >= 15 is 0 Å². The fourth-order valence-corrected chi connectivity index (χ4v) is 2.12. The second kappa shape index (κ2) is 4.23. The van der Waals surface area contributed by atoms with Crippen LogP contribution in [0.1, 0.15) is 19.0 Å². The normalized spacial score (nSPS) is 22.4. The maximum atomic E-state index is 5.75. The molecule has 0 amide bonds. The molecule has 0 saturated carbocycles. The Morgan fingerprint density at radius 1 is 1.53 bits per heavy atom. The van der Waals surface area contributed by atoms with Crippen molar-refractivity contribution in [2.75, 3.05) is 25.4 Å². The lowest BCUT2D eigenvalue weighted by Gasteiger charge is -2.14. The first-order chi connectivity index (χ1) is 7.15. The summed E-state index contributed by atoms with van der Waals surface area (Å²) >= 11 is 0. The molecule has 0 radical (unpaired) electrons. The number of rotatable bonds is 3.